The van der Waals surface area contributed by atoms with Crippen LogP contribution in [0.4, 0.5) is 0 Å². The van der Waals surface area contributed by atoms with E-state index in [9.17, 15) is 5.11 Å². The Labute approximate surface area is 132 Å². The van der Waals surface area contributed by atoms with E-state index < -0.39 is 0 Å². The summed E-state index contributed by atoms with van der Waals surface area (Å²) in [5.41, 5.74) is 1.97. The summed E-state index contributed by atoms with van der Waals surface area (Å²) < 4.78 is 0. The Morgan fingerprint density at radius 2 is 1.55 bits per heavy atom. The predicted octanol–water partition coefficient (Wildman–Crippen LogP) is 2.55. The molecule has 2 heteroatoms. The third-order valence-electron chi connectivity index (χ3n) is 4.29. The summed E-state index contributed by atoms with van der Waals surface area (Å²) in [5, 5.41) is 10.2. The van der Waals surface area contributed by atoms with Crippen LogP contribution in [-0.4, -0.2) is 18.2 Å². The van der Waals surface area contributed by atoms with Crippen LogP contribution in [0.5, 0.6) is 5.75 Å². The number of para-hydroxylation sites is 1. The minimum absolute atomic E-state index is 0.0432. The summed E-state index contributed by atoms with van der Waals surface area (Å²) in [5.74, 6) is 7.06. The van der Waals surface area contributed by atoms with Crippen LogP contribution in [0.3, 0.4) is 0 Å². The van der Waals surface area contributed by atoms with Crippen LogP contribution in [0, 0.1) is 11.8 Å². The molecule has 0 aromatic heterocycles. The van der Waals surface area contributed by atoms with Gasteiger partial charge in [0.25, 0.3) is 0 Å². The number of aromatic hydroxyl groups is 1. The van der Waals surface area contributed by atoms with Gasteiger partial charge in [0.1, 0.15) is 5.75 Å². The molecular formula is C20H22NO+. The Kier molecular flexibility index (Phi) is 4.78. The van der Waals surface area contributed by atoms with Gasteiger partial charge in [-0.25, -0.2) is 0 Å². The van der Waals surface area contributed by atoms with Crippen molar-refractivity contribution in [2.24, 2.45) is 0 Å². The number of rotatable bonds is 2. The Bertz CT molecular complexity index is 663. The van der Waals surface area contributed by atoms with E-state index in [0.29, 0.717) is 5.75 Å². The molecule has 1 aliphatic rings. The van der Waals surface area contributed by atoms with E-state index >= 15 is 0 Å². The number of benzene rings is 2. The van der Waals surface area contributed by atoms with Gasteiger partial charge in [0, 0.05) is 5.56 Å². The van der Waals surface area contributed by atoms with Gasteiger partial charge in [0.2, 0.25) is 0 Å². The minimum atomic E-state index is 0.0432. The molecule has 3 rings (SSSR count). The van der Waals surface area contributed by atoms with Gasteiger partial charge in [-0.05, 0) is 49.4 Å². The van der Waals surface area contributed by atoms with Crippen molar-refractivity contribution in [3.8, 4) is 17.6 Å². The summed E-state index contributed by atoms with van der Waals surface area (Å²) in [6.07, 6.45) is 3.79. The first kappa shape index (κ1) is 14.7. The highest BCUT2D eigenvalue weighted by Gasteiger charge is 2.26. The Hall–Kier alpha value is -2.24. The number of quaternary nitrogens is 1. The van der Waals surface area contributed by atoms with Gasteiger partial charge >= 0.3 is 0 Å². The number of piperidine rings is 1. The molecule has 0 radical (unpaired) electrons. The van der Waals surface area contributed by atoms with Crippen molar-refractivity contribution in [3.05, 3.63) is 65.7 Å². The van der Waals surface area contributed by atoms with Gasteiger partial charge in [-0.3, -0.25) is 0 Å². The molecule has 0 saturated carbocycles. The molecule has 0 amide bonds. The van der Waals surface area contributed by atoms with Gasteiger partial charge in [-0.15, -0.1) is 0 Å². The molecule has 1 heterocycles. The molecule has 2 nitrogen and oxygen atoms in total. The fourth-order valence-electron chi connectivity index (χ4n) is 3.10. The van der Waals surface area contributed by atoms with Crippen LogP contribution in [0.25, 0.3) is 0 Å². The quantitative estimate of drug-likeness (QED) is 0.817. The van der Waals surface area contributed by atoms with Gasteiger partial charge in [0.15, 0.2) is 6.04 Å². The highest BCUT2D eigenvalue weighted by molar-refractivity contribution is 5.41. The first-order valence-corrected chi connectivity index (χ1v) is 8.03. The van der Waals surface area contributed by atoms with E-state index in [-0.39, 0.29) is 6.04 Å². The van der Waals surface area contributed by atoms with Gasteiger partial charge in [-0.2, -0.15) is 0 Å². The second-order valence-electron chi connectivity index (χ2n) is 5.85. The smallest absolute Gasteiger partial charge is 0.179 e. The number of phenolic OH excluding ortho intramolecular Hbond substituents is 1. The molecule has 112 valence electrons. The Morgan fingerprint density at radius 3 is 2.27 bits per heavy atom. The molecule has 2 N–H and O–H groups in total. The zero-order chi connectivity index (χ0) is 15.2. The molecule has 0 bridgehead atoms. The SMILES string of the molecule is Oc1ccccc1[C@H](C#Cc1ccccc1)[NH+]1CCCCC1. The molecule has 0 aliphatic carbocycles. The van der Waals surface area contributed by atoms with Gasteiger partial charge < -0.3 is 10.0 Å². The molecule has 1 aliphatic heterocycles. The topological polar surface area (TPSA) is 24.7 Å². The maximum atomic E-state index is 10.2. The van der Waals surface area contributed by atoms with Gasteiger partial charge in [0.05, 0.1) is 18.7 Å². The summed E-state index contributed by atoms with van der Waals surface area (Å²) in [7, 11) is 0. The summed E-state index contributed by atoms with van der Waals surface area (Å²) in [4.78, 5) is 1.47. The minimum Gasteiger partial charge on any atom is -0.507 e. The normalized spacial score (nSPS) is 16.5. The third kappa shape index (κ3) is 3.50. The average molecular weight is 292 g/mol. The Morgan fingerprint density at radius 1 is 0.864 bits per heavy atom. The number of hydrogen-bond donors (Lipinski definition) is 2. The molecule has 0 spiro atoms. The van der Waals surface area contributed by atoms with Gasteiger partial charge in [-0.1, -0.05) is 36.3 Å². The predicted molar refractivity (Wildman–Crippen MR) is 88.7 cm³/mol. The lowest BCUT2D eigenvalue weighted by molar-refractivity contribution is -0.927. The van der Waals surface area contributed by atoms with E-state index in [0.717, 1.165) is 24.2 Å². The van der Waals surface area contributed by atoms with Crippen LogP contribution in [0.15, 0.2) is 54.6 Å². The maximum Gasteiger partial charge on any atom is 0.179 e. The van der Waals surface area contributed by atoms with E-state index in [1.807, 2.05) is 48.5 Å². The van der Waals surface area contributed by atoms with Crippen molar-refractivity contribution in [1.29, 1.82) is 0 Å². The van der Waals surface area contributed by atoms with Crippen molar-refractivity contribution < 1.29 is 10.0 Å². The number of nitrogens with one attached hydrogen (secondary N) is 1. The molecular weight excluding hydrogens is 270 g/mol. The molecule has 0 unspecified atom stereocenters. The van der Waals surface area contributed by atoms with Crippen LogP contribution in [0.2, 0.25) is 0 Å². The van der Waals surface area contributed by atoms with Crippen molar-refractivity contribution >= 4 is 0 Å². The number of phenols is 1. The molecule has 1 saturated heterocycles. The molecule has 1 fully saturated rings. The van der Waals surface area contributed by atoms with Crippen LogP contribution >= 0.6 is 0 Å². The molecule has 2 aromatic rings. The average Bonchev–Trinajstić information content (AvgIpc) is 2.58. The lowest BCUT2D eigenvalue weighted by atomic mass is 10.0. The highest BCUT2D eigenvalue weighted by Crippen LogP contribution is 2.22. The molecule has 22 heavy (non-hydrogen) atoms. The first-order valence-electron chi connectivity index (χ1n) is 8.03. The van der Waals surface area contributed by atoms with Crippen LogP contribution in [-0.2, 0) is 0 Å². The van der Waals surface area contributed by atoms with Crippen molar-refractivity contribution in [2.75, 3.05) is 13.1 Å². The molecule has 2 aromatic carbocycles. The van der Waals surface area contributed by atoms with Crippen LogP contribution < -0.4 is 4.90 Å². The number of hydrogen-bond acceptors (Lipinski definition) is 1. The van der Waals surface area contributed by atoms with E-state index in [1.54, 1.807) is 6.07 Å². The largest absolute Gasteiger partial charge is 0.507 e. The van der Waals surface area contributed by atoms with Crippen LogP contribution in [0.1, 0.15) is 36.4 Å². The van der Waals surface area contributed by atoms with E-state index in [4.69, 9.17) is 0 Å². The van der Waals surface area contributed by atoms with E-state index in [2.05, 4.69) is 11.8 Å². The van der Waals surface area contributed by atoms with Crippen molar-refractivity contribution in [2.45, 2.75) is 25.3 Å². The lowest BCUT2D eigenvalue weighted by Crippen LogP contribution is -3.13. The fourth-order valence-corrected chi connectivity index (χ4v) is 3.10. The zero-order valence-electron chi connectivity index (χ0n) is 12.8. The zero-order valence-corrected chi connectivity index (χ0v) is 12.8. The monoisotopic (exact) mass is 292 g/mol. The fraction of sp³-hybridized carbons (Fsp3) is 0.300. The lowest BCUT2D eigenvalue weighted by Gasteiger charge is -2.29. The highest BCUT2D eigenvalue weighted by atomic mass is 16.3. The molecule has 1 atom stereocenters. The summed E-state index contributed by atoms with van der Waals surface area (Å²) >= 11 is 0. The number of likely N-dealkylation sites (tertiary alicyclic amines) is 1. The second kappa shape index (κ2) is 7.15. The first-order chi connectivity index (χ1) is 10.8. The maximum absolute atomic E-state index is 10.2. The second-order valence-corrected chi connectivity index (χ2v) is 5.85. The third-order valence-corrected chi connectivity index (χ3v) is 4.29. The summed E-state index contributed by atoms with van der Waals surface area (Å²) in [6.45, 7) is 2.25. The van der Waals surface area contributed by atoms with Crippen molar-refractivity contribution in [3.63, 3.8) is 0 Å². The Balaban J connectivity index is 1.93. The van der Waals surface area contributed by atoms with E-state index in [1.165, 1.54) is 24.2 Å². The summed E-state index contributed by atoms with van der Waals surface area (Å²) in [6, 6.07) is 17.7. The standard InChI is InChI=1S/C20H21NO/c22-20-12-6-5-11-18(20)19(21-15-7-2-8-16-21)14-13-17-9-3-1-4-10-17/h1,3-6,9-12,19,22H,2,7-8,15-16H2/p+1/t19-/m0/s1. The van der Waals surface area contributed by atoms with Crippen molar-refractivity contribution in [1.82, 2.24) is 0 Å².